The molecule has 0 fully saturated rings. The van der Waals surface area contributed by atoms with Gasteiger partial charge >= 0.3 is 0 Å². The summed E-state index contributed by atoms with van der Waals surface area (Å²) in [5.41, 5.74) is 7.08. The first-order chi connectivity index (χ1) is 11.9. The topological polar surface area (TPSA) is 64.3 Å². The van der Waals surface area contributed by atoms with E-state index in [-0.39, 0.29) is 5.56 Å². The third-order valence-corrected chi connectivity index (χ3v) is 3.90. The number of rotatable bonds is 8. The lowest BCUT2D eigenvalue weighted by Gasteiger charge is -2.12. The van der Waals surface area contributed by atoms with Gasteiger partial charge in [0.25, 0.3) is 5.91 Å². The lowest BCUT2D eigenvalue weighted by atomic mass is 10.1. The van der Waals surface area contributed by atoms with E-state index in [0.29, 0.717) is 17.4 Å². The first-order valence-electron chi connectivity index (χ1n) is 8.44. The van der Waals surface area contributed by atoms with Crippen LogP contribution in [-0.4, -0.2) is 12.5 Å². The number of aryl methyl sites for hydroxylation is 1. The molecule has 2 aromatic rings. The first kappa shape index (κ1) is 18.9. The molecule has 4 nitrogen and oxygen atoms in total. The number of carbonyl (C=O) groups is 1. The van der Waals surface area contributed by atoms with E-state index in [1.165, 1.54) is 23.8 Å². The highest BCUT2D eigenvalue weighted by molar-refractivity contribution is 5.93. The minimum absolute atomic E-state index is 0.146. The van der Waals surface area contributed by atoms with Crippen LogP contribution in [0.5, 0.6) is 11.5 Å². The standard InChI is InChI=1S/C20H25FN2O2/c1-13(2)8-9-23-12-15-4-7-19(14(3)10-15)25-16-5-6-17(20(22)24)18(21)11-16/h4-7,10-11,13,23H,8-9,12H2,1-3H3,(H2,22,24). The molecule has 1 amide bonds. The van der Waals surface area contributed by atoms with Gasteiger partial charge in [0.15, 0.2) is 0 Å². The number of nitrogens with two attached hydrogens (primary N) is 1. The van der Waals surface area contributed by atoms with Crippen LogP contribution in [0.15, 0.2) is 36.4 Å². The predicted octanol–water partition coefficient (Wildman–Crippen LogP) is 4.16. The molecule has 0 spiro atoms. The number of hydrogen-bond donors (Lipinski definition) is 2. The number of ether oxygens (including phenoxy) is 1. The van der Waals surface area contributed by atoms with E-state index in [4.69, 9.17) is 10.5 Å². The molecule has 134 valence electrons. The Morgan fingerprint density at radius 2 is 2.00 bits per heavy atom. The molecule has 0 saturated heterocycles. The van der Waals surface area contributed by atoms with E-state index in [9.17, 15) is 9.18 Å². The summed E-state index contributed by atoms with van der Waals surface area (Å²) in [6.45, 7) is 8.14. The van der Waals surface area contributed by atoms with Crippen molar-refractivity contribution < 1.29 is 13.9 Å². The van der Waals surface area contributed by atoms with Crippen molar-refractivity contribution in [3.05, 3.63) is 58.9 Å². The van der Waals surface area contributed by atoms with Crippen LogP contribution in [0.1, 0.15) is 41.8 Å². The van der Waals surface area contributed by atoms with Crippen molar-refractivity contribution in [3.63, 3.8) is 0 Å². The van der Waals surface area contributed by atoms with E-state index in [1.54, 1.807) is 0 Å². The van der Waals surface area contributed by atoms with Gasteiger partial charge in [0, 0.05) is 12.6 Å². The maximum absolute atomic E-state index is 13.8. The molecule has 25 heavy (non-hydrogen) atoms. The van der Waals surface area contributed by atoms with Crippen molar-refractivity contribution in [3.8, 4) is 11.5 Å². The smallest absolute Gasteiger partial charge is 0.251 e. The summed E-state index contributed by atoms with van der Waals surface area (Å²) < 4.78 is 19.5. The molecular formula is C20H25FN2O2. The van der Waals surface area contributed by atoms with Gasteiger partial charge in [-0.3, -0.25) is 4.79 Å². The minimum atomic E-state index is -0.797. The summed E-state index contributed by atoms with van der Waals surface area (Å²) >= 11 is 0. The largest absolute Gasteiger partial charge is 0.457 e. The average Bonchev–Trinajstić information content (AvgIpc) is 2.53. The summed E-state index contributed by atoms with van der Waals surface area (Å²) in [7, 11) is 0. The van der Waals surface area contributed by atoms with Gasteiger partial charge in [-0.2, -0.15) is 0 Å². The zero-order valence-corrected chi connectivity index (χ0v) is 14.9. The van der Waals surface area contributed by atoms with E-state index in [1.807, 2.05) is 25.1 Å². The van der Waals surface area contributed by atoms with Crippen LogP contribution >= 0.6 is 0 Å². The maximum atomic E-state index is 13.8. The molecule has 0 unspecified atom stereocenters. The van der Waals surface area contributed by atoms with Crippen LogP contribution in [0.3, 0.4) is 0 Å². The molecule has 2 rings (SSSR count). The summed E-state index contributed by atoms with van der Waals surface area (Å²) in [6.07, 6.45) is 1.15. The predicted molar refractivity (Wildman–Crippen MR) is 97.3 cm³/mol. The highest BCUT2D eigenvalue weighted by Crippen LogP contribution is 2.27. The second kappa shape index (κ2) is 8.62. The van der Waals surface area contributed by atoms with Crippen molar-refractivity contribution in [1.29, 1.82) is 0 Å². The van der Waals surface area contributed by atoms with Crippen molar-refractivity contribution in [2.45, 2.75) is 33.7 Å². The number of carbonyl (C=O) groups excluding carboxylic acids is 1. The fourth-order valence-electron chi connectivity index (χ4n) is 2.45. The Morgan fingerprint density at radius 3 is 2.60 bits per heavy atom. The fourth-order valence-corrected chi connectivity index (χ4v) is 2.45. The Balaban J connectivity index is 2.01. The summed E-state index contributed by atoms with van der Waals surface area (Å²) in [5, 5.41) is 3.42. The van der Waals surface area contributed by atoms with E-state index < -0.39 is 11.7 Å². The van der Waals surface area contributed by atoms with Crippen LogP contribution in [0.2, 0.25) is 0 Å². The fraction of sp³-hybridized carbons (Fsp3) is 0.350. The van der Waals surface area contributed by atoms with Crippen molar-refractivity contribution in [1.82, 2.24) is 5.32 Å². The van der Waals surface area contributed by atoms with Crippen molar-refractivity contribution in [2.75, 3.05) is 6.54 Å². The Kier molecular flexibility index (Phi) is 6.53. The van der Waals surface area contributed by atoms with Gasteiger partial charge in [-0.05, 0) is 55.1 Å². The summed E-state index contributed by atoms with van der Waals surface area (Å²) in [5.74, 6) is 0.181. The minimum Gasteiger partial charge on any atom is -0.457 e. The molecule has 0 aliphatic heterocycles. The zero-order chi connectivity index (χ0) is 18.4. The zero-order valence-electron chi connectivity index (χ0n) is 14.9. The second-order valence-corrected chi connectivity index (χ2v) is 6.57. The van der Waals surface area contributed by atoms with Crippen LogP contribution in [-0.2, 0) is 6.54 Å². The molecule has 0 radical (unpaired) electrons. The Bertz CT molecular complexity index is 744. The van der Waals surface area contributed by atoms with Crippen LogP contribution in [0.25, 0.3) is 0 Å². The normalized spacial score (nSPS) is 10.9. The Morgan fingerprint density at radius 1 is 1.24 bits per heavy atom. The number of amides is 1. The molecule has 0 heterocycles. The van der Waals surface area contributed by atoms with Crippen molar-refractivity contribution in [2.24, 2.45) is 11.7 Å². The van der Waals surface area contributed by atoms with E-state index in [0.717, 1.165) is 25.1 Å². The number of nitrogens with one attached hydrogen (secondary N) is 1. The molecule has 0 bridgehead atoms. The van der Waals surface area contributed by atoms with E-state index >= 15 is 0 Å². The van der Waals surface area contributed by atoms with Crippen LogP contribution in [0.4, 0.5) is 4.39 Å². The monoisotopic (exact) mass is 344 g/mol. The molecular weight excluding hydrogens is 319 g/mol. The molecule has 0 aliphatic rings. The molecule has 3 N–H and O–H groups in total. The van der Waals surface area contributed by atoms with Gasteiger partial charge in [-0.1, -0.05) is 26.0 Å². The Labute approximate surface area is 148 Å². The highest BCUT2D eigenvalue weighted by atomic mass is 19.1. The first-order valence-corrected chi connectivity index (χ1v) is 8.44. The second-order valence-electron chi connectivity index (χ2n) is 6.57. The number of halogens is 1. The van der Waals surface area contributed by atoms with Crippen molar-refractivity contribution >= 4 is 5.91 Å². The molecule has 0 saturated carbocycles. The lowest BCUT2D eigenvalue weighted by Crippen LogP contribution is -2.16. The lowest BCUT2D eigenvalue weighted by molar-refractivity contribution is 0.0996. The molecule has 5 heteroatoms. The van der Waals surface area contributed by atoms with Gasteiger partial charge in [-0.15, -0.1) is 0 Å². The van der Waals surface area contributed by atoms with Gasteiger partial charge in [0.1, 0.15) is 17.3 Å². The van der Waals surface area contributed by atoms with Gasteiger partial charge in [0.2, 0.25) is 0 Å². The Hall–Kier alpha value is -2.40. The van der Waals surface area contributed by atoms with Gasteiger partial charge in [0.05, 0.1) is 5.56 Å². The third-order valence-electron chi connectivity index (χ3n) is 3.90. The molecule has 0 aliphatic carbocycles. The van der Waals surface area contributed by atoms with Crippen LogP contribution in [0, 0.1) is 18.7 Å². The third kappa shape index (κ3) is 5.57. The maximum Gasteiger partial charge on any atom is 0.251 e. The molecule has 0 aromatic heterocycles. The number of hydrogen-bond acceptors (Lipinski definition) is 3. The SMILES string of the molecule is Cc1cc(CNCCC(C)C)ccc1Oc1ccc(C(N)=O)c(F)c1. The summed E-state index contributed by atoms with van der Waals surface area (Å²) in [4.78, 5) is 11.1. The summed E-state index contributed by atoms with van der Waals surface area (Å²) in [6, 6.07) is 9.93. The quantitative estimate of drug-likeness (QED) is 0.707. The van der Waals surface area contributed by atoms with Crippen LogP contribution < -0.4 is 15.8 Å². The highest BCUT2D eigenvalue weighted by Gasteiger charge is 2.10. The average molecular weight is 344 g/mol. The van der Waals surface area contributed by atoms with Gasteiger partial charge < -0.3 is 15.8 Å². The molecule has 2 aromatic carbocycles. The van der Waals surface area contributed by atoms with E-state index in [2.05, 4.69) is 19.2 Å². The number of primary amides is 1. The molecule has 0 atom stereocenters. The van der Waals surface area contributed by atoms with Gasteiger partial charge in [-0.25, -0.2) is 4.39 Å². The number of benzene rings is 2.